The van der Waals surface area contributed by atoms with Gasteiger partial charge < -0.3 is 15.0 Å². The van der Waals surface area contributed by atoms with E-state index in [9.17, 15) is 13.2 Å². The highest BCUT2D eigenvalue weighted by molar-refractivity contribution is 7.89. The Morgan fingerprint density at radius 2 is 1.90 bits per heavy atom. The minimum atomic E-state index is -3.15. The Bertz CT molecular complexity index is 950. The zero-order chi connectivity index (χ0) is 21.0. The van der Waals surface area contributed by atoms with Gasteiger partial charge in [-0.25, -0.2) is 13.4 Å². The Morgan fingerprint density at radius 1 is 1.17 bits per heavy atom. The van der Waals surface area contributed by atoms with Crippen molar-refractivity contribution in [2.75, 3.05) is 24.2 Å². The van der Waals surface area contributed by atoms with Crippen LogP contribution in [0, 0.1) is 0 Å². The first kappa shape index (κ1) is 21.3. The fourth-order valence-electron chi connectivity index (χ4n) is 3.46. The van der Waals surface area contributed by atoms with Gasteiger partial charge >= 0.3 is 0 Å². The van der Waals surface area contributed by atoms with Crippen LogP contribution in [-0.4, -0.2) is 50.9 Å². The smallest absolute Gasteiger partial charge is 0.251 e. The quantitative estimate of drug-likeness (QED) is 0.775. The average Bonchev–Trinajstić information content (AvgIpc) is 2.64. The summed E-state index contributed by atoms with van der Waals surface area (Å²) < 4.78 is 28.7. The number of sulfone groups is 1. The van der Waals surface area contributed by atoms with Crippen LogP contribution >= 0.6 is 0 Å². The van der Waals surface area contributed by atoms with Gasteiger partial charge in [0.25, 0.3) is 5.91 Å². The minimum Gasteiger partial charge on any atom is -0.372 e. The van der Waals surface area contributed by atoms with Crippen molar-refractivity contribution in [2.45, 2.75) is 38.4 Å². The number of aromatic nitrogens is 1. The summed E-state index contributed by atoms with van der Waals surface area (Å²) in [5, 5.41) is 2.86. The zero-order valence-corrected chi connectivity index (χ0v) is 17.8. The van der Waals surface area contributed by atoms with E-state index < -0.39 is 9.84 Å². The normalized spacial score (nSPS) is 19.8. The van der Waals surface area contributed by atoms with E-state index in [-0.39, 0.29) is 23.9 Å². The van der Waals surface area contributed by atoms with E-state index in [0.29, 0.717) is 17.7 Å². The summed E-state index contributed by atoms with van der Waals surface area (Å²) >= 11 is 0. The molecule has 3 rings (SSSR count). The van der Waals surface area contributed by atoms with Crippen LogP contribution in [0.4, 0.5) is 5.82 Å². The standard InChI is InChI=1S/C21H27N3O4S/c1-15-12-24(13-16(2)28-15)20-8-7-18(10-22-20)11-23-21(25)19-6-4-5-17(9-19)14-29(3,26)27/h4-10,15-16H,11-14H2,1-3H3,(H,23,25). The number of amides is 1. The number of benzene rings is 1. The van der Waals surface area contributed by atoms with Gasteiger partial charge in [0.2, 0.25) is 0 Å². The second-order valence-electron chi connectivity index (χ2n) is 7.64. The van der Waals surface area contributed by atoms with Crippen LogP contribution in [0.1, 0.15) is 35.3 Å². The maximum Gasteiger partial charge on any atom is 0.251 e. The summed E-state index contributed by atoms with van der Waals surface area (Å²) in [7, 11) is -3.15. The van der Waals surface area contributed by atoms with E-state index in [4.69, 9.17) is 4.74 Å². The Labute approximate surface area is 172 Å². The molecule has 29 heavy (non-hydrogen) atoms. The highest BCUT2D eigenvalue weighted by Crippen LogP contribution is 2.18. The molecule has 0 radical (unpaired) electrons. The molecule has 156 valence electrons. The largest absolute Gasteiger partial charge is 0.372 e. The molecule has 1 N–H and O–H groups in total. The third kappa shape index (κ3) is 6.27. The lowest BCUT2D eigenvalue weighted by atomic mass is 10.1. The number of nitrogens with one attached hydrogen (secondary N) is 1. The van der Waals surface area contributed by atoms with Crippen LogP contribution in [0.2, 0.25) is 0 Å². The first-order valence-corrected chi connectivity index (χ1v) is 11.7. The van der Waals surface area contributed by atoms with Crippen molar-refractivity contribution >= 4 is 21.6 Å². The first-order valence-electron chi connectivity index (χ1n) is 9.60. The summed E-state index contributed by atoms with van der Waals surface area (Å²) in [4.78, 5) is 19.2. The van der Waals surface area contributed by atoms with Gasteiger partial charge in [-0.3, -0.25) is 4.79 Å². The highest BCUT2D eigenvalue weighted by Gasteiger charge is 2.23. The fraction of sp³-hybridized carbons (Fsp3) is 0.429. The summed E-state index contributed by atoms with van der Waals surface area (Å²) in [5.41, 5.74) is 1.93. The monoisotopic (exact) mass is 417 g/mol. The molecule has 1 saturated heterocycles. The SMILES string of the molecule is CC1CN(c2ccc(CNC(=O)c3cccc(CS(C)(=O)=O)c3)cn2)CC(C)O1. The Kier molecular flexibility index (Phi) is 6.54. The van der Waals surface area contributed by atoms with E-state index in [1.54, 1.807) is 30.5 Å². The number of ether oxygens (including phenoxy) is 1. The number of morpholine rings is 1. The van der Waals surface area contributed by atoms with Gasteiger partial charge in [-0.05, 0) is 43.2 Å². The molecular formula is C21H27N3O4S. The maximum atomic E-state index is 12.4. The van der Waals surface area contributed by atoms with Crippen LogP contribution in [-0.2, 0) is 26.9 Å². The predicted octanol–water partition coefficient (Wildman–Crippen LogP) is 2.17. The molecule has 2 atom stereocenters. The summed E-state index contributed by atoms with van der Waals surface area (Å²) in [5.74, 6) is 0.564. The number of hydrogen-bond donors (Lipinski definition) is 1. The van der Waals surface area contributed by atoms with Crippen LogP contribution in [0.5, 0.6) is 0 Å². The van der Waals surface area contributed by atoms with Crippen molar-refractivity contribution in [3.8, 4) is 0 Å². The minimum absolute atomic E-state index is 0.0850. The van der Waals surface area contributed by atoms with Gasteiger partial charge in [0.1, 0.15) is 5.82 Å². The fourth-order valence-corrected chi connectivity index (χ4v) is 4.25. The number of carbonyl (C=O) groups excluding carboxylic acids is 1. The van der Waals surface area contributed by atoms with Crippen LogP contribution < -0.4 is 10.2 Å². The van der Waals surface area contributed by atoms with Crippen molar-refractivity contribution in [3.05, 3.63) is 59.3 Å². The summed E-state index contributed by atoms with van der Waals surface area (Å²) in [6.07, 6.45) is 3.27. The van der Waals surface area contributed by atoms with Crippen molar-refractivity contribution < 1.29 is 17.9 Å². The van der Waals surface area contributed by atoms with E-state index >= 15 is 0 Å². The highest BCUT2D eigenvalue weighted by atomic mass is 32.2. The maximum absolute atomic E-state index is 12.4. The van der Waals surface area contributed by atoms with Crippen molar-refractivity contribution in [1.82, 2.24) is 10.3 Å². The van der Waals surface area contributed by atoms with Gasteiger partial charge in [-0.2, -0.15) is 0 Å². The molecular weight excluding hydrogens is 390 g/mol. The van der Waals surface area contributed by atoms with E-state index in [1.165, 1.54) is 6.26 Å². The molecule has 1 amide bonds. The van der Waals surface area contributed by atoms with Crippen molar-refractivity contribution in [1.29, 1.82) is 0 Å². The van der Waals surface area contributed by atoms with Gasteiger partial charge in [-0.1, -0.05) is 18.2 Å². The third-order valence-corrected chi connectivity index (χ3v) is 5.48. The van der Waals surface area contributed by atoms with Crippen molar-refractivity contribution in [2.24, 2.45) is 0 Å². The van der Waals surface area contributed by atoms with Gasteiger partial charge in [0, 0.05) is 37.7 Å². The van der Waals surface area contributed by atoms with E-state index in [1.807, 2.05) is 12.1 Å². The van der Waals surface area contributed by atoms with E-state index in [0.717, 1.165) is 24.5 Å². The average molecular weight is 418 g/mol. The molecule has 2 heterocycles. The number of carbonyl (C=O) groups is 1. The summed E-state index contributed by atoms with van der Waals surface area (Å²) in [6.45, 7) is 6.06. The molecule has 1 aliphatic rings. The second kappa shape index (κ2) is 8.92. The predicted molar refractivity (Wildman–Crippen MR) is 113 cm³/mol. The number of pyridine rings is 1. The van der Waals surface area contributed by atoms with E-state index in [2.05, 4.69) is 29.0 Å². The molecule has 1 aliphatic heterocycles. The number of rotatable bonds is 6. The molecule has 8 heteroatoms. The zero-order valence-electron chi connectivity index (χ0n) is 17.0. The molecule has 1 fully saturated rings. The molecule has 1 aromatic carbocycles. The molecule has 0 saturated carbocycles. The topological polar surface area (TPSA) is 88.6 Å². The summed E-state index contributed by atoms with van der Waals surface area (Å²) in [6, 6.07) is 10.6. The van der Waals surface area contributed by atoms with Gasteiger partial charge in [0.15, 0.2) is 9.84 Å². The molecule has 0 aliphatic carbocycles. The molecule has 2 unspecified atom stereocenters. The van der Waals surface area contributed by atoms with Gasteiger partial charge in [-0.15, -0.1) is 0 Å². The lowest BCUT2D eigenvalue weighted by Crippen LogP contribution is -2.45. The lowest BCUT2D eigenvalue weighted by molar-refractivity contribution is -0.00546. The molecule has 2 aromatic rings. The first-order chi connectivity index (χ1) is 13.7. The molecule has 0 bridgehead atoms. The number of nitrogens with zero attached hydrogens (tertiary/aromatic N) is 2. The second-order valence-corrected chi connectivity index (χ2v) is 9.78. The lowest BCUT2D eigenvalue weighted by Gasteiger charge is -2.36. The molecule has 7 nitrogen and oxygen atoms in total. The van der Waals surface area contributed by atoms with Crippen molar-refractivity contribution in [3.63, 3.8) is 0 Å². The Balaban J connectivity index is 1.59. The number of anilines is 1. The number of hydrogen-bond acceptors (Lipinski definition) is 6. The van der Waals surface area contributed by atoms with Crippen LogP contribution in [0.25, 0.3) is 0 Å². The van der Waals surface area contributed by atoms with Gasteiger partial charge in [0.05, 0.1) is 18.0 Å². The Hall–Kier alpha value is -2.45. The van der Waals surface area contributed by atoms with Crippen LogP contribution in [0.15, 0.2) is 42.6 Å². The molecule has 0 spiro atoms. The van der Waals surface area contributed by atoms with Crippen LogP contribution in [0.3, 0.4) is 0 Å². The molecule has 1 aromatic heterocycles. The Morgan fingerprint density at radius 3 is 2.52 bits per heavy atom. The third-order valence-electron chi connectivity index (χ3n) is 4.62.